The maximum absolute atomic E-state index is 13.3. The Bertz CT molecular complexity index is 1120. The van der Waals surface area contributed by atoms with Crippen molar-refractivity contribution in [3.05, 3.63) is 101 Å². The van der Waals surface area contributed by atoms with Crippen LogP contribution in [0.3, 0.4) is 0 Å². The van der Waals surface area contributed by atoms with Crippen molar-refractivity contribution in [1.82, 2.24) is 9.21 Å². The molecular formula is C23H23FN2O3S. The summed E-state index contributed by atoms with van der Waals surface area (Å²) in [6.07, 6.45) is 0. The van der Waals surface area contributed by atoms with Crippen molar-refractivity contribution in [2.45, 2.75) is 18.0 Å². The molecule has 0 fully saturated rings. The Hall–Kier alpha value is -3.03. The Labute approximate surface area is 176 Å². The molecule has 0 saturated heterocycles. The molecule has 30 heavy (non-hydrogen) atoms. The molecule has 0 N–H and O–H groups in total. The molecule has 0 bridgehead atoms. The van der Waals surface area contributed by atoms with E-state index in [0.717, 1.165) is 5.56 Å². The van der Waals surface area contributed by atoms with E-state index in [9.17, 15) is 17.6 Å². The zero-order chi connectivity index (χ0) is 21.7. The maximum atomic E-state index is 13.3. The summed E-state index contributed by atoms with van der Waals surface area (Å²) in [7, 11) is -0.412. The lowest BCUT2D eigenvalue weighted by atomic mass is 10.1. The van der Waals surface area contributed by atoms with Crippen LogP contribution in [-0.2, 0) is 23.1 Å². The van der Waals surface area contributed by atoms with Crippen LogP contribution in [0.4, 0.5) is 4.39 Å². The topological polar surface area (TPSA) is 57.7 Å². The first-order valence-corrected chi connectivity index (χ1v) is 10.8. The van der Waals surface area contributed by atoms with Crippen LogP contribution in [0.25, 0.3) is 0 Å². The molecule has 0 unspecified atom stereocenters. The molecule has 0 atom stereocenters. The molecule has 0 aliphatic heterocycles. The summed E-state index contributed by atoms with van der Waals surface area (Å²) in [5.41, 5.74) is 1.95. The normalized spacial score (nSPS) is 11.5. The molecule has 5 nitrogen and oxygen atoms in total. The second-order valence-corrected chi connectivity index (χ2v) is 9.11. The van der Waals surface area contributed by atoms with Gasteiger partial charge in [-0.15, -0.1) is 0 Å². The average molecular weight is 427 g/mol. The molecule has 156 valence electrons. The molecule has 0 aliphatic rings. The van der Waals surface area contributed by atoms with Gasteiger partial charge in [-0.05, 0) is 47.5 Å². The Morgan fingerprint density at radius 1 is 0.833 bits per heavy atom. The summed E-state index contributed by atoms with van der Waals surface area (Å²) in [5.74, 6) is -0.539. The highest BCUT2D eigenvalue weighted by molar-refractivity contribution is 7.89. The number of sulfonamides is 1. The molecule has 3 aromatic carbocycles. The van der Waals surface area contributed by atoms with Crippen molar-refractivity contribution in [1.29, 1.82) is 0 Å². The number of rotatable bonds is 7. The number of hydrogen-bond donors (Lipinski definition) is 0. The lowest BCUT2D eigenvalue weighted by molar-refractivity contribution is 0.0785. The molecule has 0 spiro atoms. The van der Waals surface area contributed by atoms with Crippen molar-refractivity contribution in [2.24, 2.45) is 0 Å². The van der Waals surface area contributed by atoms with Crippen LogP contribution in [0.15, 0.2) is 83.8 Å². The Morgan fingerprint density at radius 2 is 1.50 bits per heavy atom. The summed E-state index contributed by atoms with van der Waals surface area (Å²) < 4.78 is 39.9. The first kappa shape index (κ1) is 21.7. The number of benzene rings is 3. The van der Waals surface area contributed by atoms with Gasteiger partial charge in [0.15, 0.2) is 0 Å². The van der Waals surface area contributed by atoms with Gasteiger partial charge >= 0.3 is 0 Å². The van der Waals surface area contributed by atoms with Crippen LogP contribution >= 0.6 is 0 Å². The van der Waals surface area contributed by atoms with Gasteiger partial charge in [0.1, 0.15) is 5.82 Å². The van der Waals surface area contributed by atoms with Crippen molar-refractivity contribution in [3.8, 4) is 0 Å². The smallest absolute Gasteiger partial charge is 0.253 e. The first-order chi connectivity index (χ1) is 14.3. The molecule has 0 saturated carbocycles. The SMILES string of the molecule is CN(Cc1cccc(F)c1)C(=O)c1ccc(CN(C)S(=O)(=O)c2ccccc2)cc1. The minimum atomic E-state index is -3.59. The third-order valence-electron chi connectivity index (χ3n) is 4.71. The third-order valence-corrected chi connectivity index (χ3v) is 6.53. The van der Waals surface area contributed by atoms with Crippen molar-refractivity contribution < 1.29 is 17.6 Å². The highest BCUT2D eigenvalue weighted by Crippen LogP contribution is 2.17. The van der Waals surface area contributed by atoms with Gasteiger partial charge in [0.05, 0.1) is 4.90 Å². The van der Waals surface area contributed by atoms with Gasteiger partial charge in [-0.2, -0.15) is 4.31 Å². The highest BCUT2D eigenvalue weighted by Gasteiger charge is 2.20. The largest absolute Gasteiger partial charge is 0.337 e. The summed E-state index contributed by atoms with van der Waals surface area (Å²) >= 11 is 0. The molecular weight excluding hydrogens is 403 g/mol. The first-order valence-electron chi connectivity index (χ1n) is 9.37. The van der Waals surface area contributed by atoms with Gasteiger partial charge in [0, 0.05) is 32.7 Å². The average Bonchev–Trinajstić information content (AvgIpc) is 2.74. The van der Waals surface area contributed by atoms with Crippen LogP contribution in [-0.4, -0.2) is 37.6 Å². The van der Waals surface area contributed by atoms with Gasteiger partial charge in [0.25, 0.3) is 5.91 Å². The van der Waals surface area contributed by atoms with E-state index in [1.54, 1.807) is 73.8 Å². The fourth-order valence-corrected chi connectivity index (χ4v) is 4.25. The molecule has 3 rings (SSSR count). The summed E-state index contributed by atoms with van der Waals surface area (Å²) in [5, 5.41) is 0. The van der Waals surface area contributed by atoms with Crippen LogP contribution in [0.5, 0.6) is 0 Å². The number of amides is 1. The van der Waals surface area contributed by atoms with Crippen molar-refractivity contribution in [2.75, 3.05) is 14.1 Å². The van der Waals surface area contributed by atoms with Gasteiger partial charge in [-0.1, -0.05) is 42.5 Å². The Morgan fingerprint density at radius 3 is 2.13 bits per heavy atom. The molecule has 1 amide bonds. The second-order valence-electron chi connectivity index (χ2n) is 7.06. The molecule has 7 heteroatoms. The van der Waals surface area contributed by atoms with Gasteiger partial charge in [0.2, 0.25) is 10.0 Å². The van der Waals surface area contributed by atoms with Crippen molar-refractivity contribution >= 4 is 15.9 Å². The molecule has 0 aromatic heterocycles. The fourth-order valence-electron chi connectivity index (χ4n) is 3.07. The fraction of sp³-hybridized carbons (Fsp3) is 0.174. The van der Waals surface area contributed by atoms with Crippen LogP contribution in [0.2, 0.25) is 0 Å². The van der Waals surface area contributed by atoms with E-state index in [1.165, 1.54) is 28.4 Å². The molecule has 0 radical (unpaired) electrons. The highest BCUT2D eigenvalue weighted by atomic mass is 32.2. The summed E-state index contributed by atoms with van der Waals surface area (Å²) in [6, 6.07) is 21.2. The van der Waals surface area contributed by atoms with Gasteiger partial charge in [-0.3, -0.25) is 4.79 Å². The number of hydrogen-bond acceptors (Lipinski definition) is 3. The van der Waals surface area contributed by atoms with Crippen LogP contribution in [0.1, 0.15) is 21.5 Å². The van der Waals surface area contributed by atoms with Gasteiger partial charge < -0.3 is 4.90 Å². The molecule has 0 aliphatic carbocycles. The lowest BCUT2D eigenvalue weighted by Gasteiger charge is -2.19. The number of halogens is 1. The monoisotopic (exact) mass is 426 g/mol. The quantitative estimate of drug-likeness (QED) is 0.575. The van der Waals surface area contributed by atoms with E-state index in [0.29, 0.717) is 11.1 Å². The summed E-state index contributed by atoms with van der Waals surface area (Å²) in [4.78, 5) is 14.4. The second kappa shape index (κ2) is 9.19. The zero-order valence-electron chi connectivity index (χ0n) is 16.8. The number of carbonyl (C=O) groups is 1. The van der Waals surface area contributed by atoms with Crippen LogP contribution in [0, 0.1) is 5.82 Å². The van der Waals surface area contributed by atoms with E-state index in [-0.39, 0.29) is 29.7 Å². The lowest BCUT2D eigenvalue weighted by Crippen LogP contribution is -2.27. The minimum Gasteiger partial charge on any atom is -0.337 e. The minimum absolute atomic E-state index is 0.185. The summed E-state index contributed by atoms with van der Waals surface area (Å²) in [6.45, 7) is 0.473. The van der Waals surface area contributed by atoms with Crippen LogP contribution < -0.4 is 0 Å². The van der Waals surface area contributed by atoms with E-state index in [1.807, 2.05) is 0 Å². The maximum Gasteiger partial charge on any atom is 0.253 e. The Balaban J connectivity index is 1.66. The zero-order valence-corrected chi connectivity index (χ0v) is 17.6. The molecule has 0 heterocycles. The van der Waals surface area contributed by atoms with E-state index >= 15 is 0 Å². The predicted molar refractivity (Wildman–Crippen MR) is 114 cm³/mol. The predicted octanol–water partition coefficient (Wildman–Crippen LogP) is 3.92. The van der Waals surface area contributed by atoms with Crippen molar-refractivity contribution in [3.63, 3.8) is 0 Å². The number of carbonyl (C=O) groups excluding carboxylic acids is 1. The van der Waals surface area contributed by atoms with E-state index < -0.39 is 10.0 Å². The van der Waals surface area contributed by atoms with E-state index in [2.05, 4.69) is 0 Å². The van der Waals surface area contributed by atoms with E-state index in [4.69, 9.17) is 0 Å². The third kappa shape index (κ3) is 5.11. The van der Waals surface area contributed by atoms with Gasteiger partial charge in [-0.25, -0.2) is 12.8 Å². The Kier molecular flexibility index (Phi) is 6.64. The number of nitrogens with zero attached hydrogens (tertiary/aromatic N) is 2. The standard InChI is InChI=1S/C23H23FN2O3S/c1-25(16-19-7-6-8-21(24)15-19)23(27)20-13-11-18(12-14-20)17-26(2)30(28,29)22-9-4-3-5-10-22/h3-15H,16-17H2,1-2H3. The molecule has 3 aromatic rings.